The van der Waals surface area contributed by atoms with Gasteiger partial charge in [-0.3, -0.25) is 9.78 Å². The first kappa shape index (κ1) is 21.3. The minimum atomic E-state index is -0.192. The highest BCUT2D eigenvalue weighted by atomic mass is 16.2. The molecule has 1 N–H and O–H groups in total. The molecule has 0 unspecified atom stereocenters. The lowest BCUT2D eigenvalue weighted by Gasteiger charge is -2.32. The smallest absolute Gasteiger partial charge is 0.343 e. The number of piperidine rings is 1. The number of fused-ring (bicyclic) bond motifs is 1. The minimum absolute atomic E-state index is 0.0107. The predicted octanol–water partition coefficient (Wildman–Crippen LogP) is 3.07. The number of aromatic amines is 1. The third-order valence-electron chi connectivity index (χ3n) is 6.83. The van der Waals surface area contributed by atoms with Crippen LogP contribution < -0.4 is 15.5 Å². The van der Waals surface area contributed by atoms with Crippen molar-refractivity contribution in [1.82, 2.24) is 24.7 Å². The molecule has 0 spiro atoms. The number of benzene rings is 2. The number of carbonyl (C=O) groups excluding carboxylic acids is 1. The van der Waals surface area contributed by atoms with Crippen molar-refractivity contribution in [2.24, 2.45) is 0 Å². The third-order valence-corrected chi connectivity index (χ3v) is 6.83. The maximum atomic E-state index is 13.2. The first-order chi connectivity index (χ1) is 17.2. The molecule has 4 aromatic rings. The van der Waals surface area contributed by atoms with E-state index in [1.54, 1.807) is 15.6 Å². The number of carbonyl (C=O) groups is 1. The molecule has 0 atom stereocenters. The largest absolute Gasteiger partial charge is 0.356 e. The average molecular weight is 468 g/mol. The monoisotopic (exact) mass is 467 g/mol. The van der Waals surface area contributed by atoms with Crippen LogP contribution in [0.4, 0.5) is 11.5 Å². The molecule has 2 aromatic carbocycles. The fourth-order valence-corrected chi connectivity index (χ4v) is 4.97. The van der Waals surface area contributed by atoms with Gasteiger partial charge in [-0.2, -0.15) is 0 Å². The Hall–Kier alpha value is -4.27. The van der Waals surface area contributed by atoms with Crippen molar-refractivity contribution in [2.75, 3.05) is 29.4 Å². The molecule has 35 heavy (non-hydrogen) atoms. The molecule has 2 aromatic heterocycles. The van der Waals surface area contributed by atoms with E-state index in [2.05, 4.69) is 31.0 Å². The van der Waals surface area contributed by atoms with Crippen LogP contribution in [-0.2, 0) is 6.42 Å². The van der Waals surface area contributed by atoms with E-state index in [0.29, 0.717) is 31.2 Å². The summed E-state index contributed by atoms with van der Waals surface area (Å²) in [7, 11) is 0. The standard InChI is InChI=1S/C26H25N7O2/c34-25(32-15-10-18-6-4-5-9-22(18)32)21-16-23(28-17-27-21)31-13-11-20(12-14-31)33-26(35)29-24(30-33)19-7-2-1-3-8-19/h1-9,16-17,20H,10-15H2,(H,29,30,35). The number of amides is 1. The van der Waals surface area contributed by atoms with Gasteiger partial charge in [-0.05, 0) is 30.9 Å². The zero-order chi connectivity index (χ0) is 23.8. The highest BCUT2D eigenvalue weighted by Crippen LogP contribution is 2.29. The SMILES string of the molecule is O=C(c1cc(N2CCC(n3nc(-c4ccccc4)[nH]c3=O)CC2)ncn1)N1CCc2ccccc21. The van der Waals surface area contributed by atoms with E-state index in [0.717, 1.165) is 36.3 Å². The molecule has 176 valence electrons. The lowest BCUT2D eigenvalue weighted by Crippen LogP contribution is -2.38. The zero-order valence-corrected chi connectivity index (χ0v) is 19.2. The molecular weight excluding hydrogens is 442 g/mol. The second-order valence-electron chi connectivity index (χ2n) is 8.90. The Bertz CT molecular complexity index is 1420. The first-order valence-corrected chi connectivity index (χ1v) is 11.9. The van der Waals surface area contributed by atoms with Crippen molar-refractivity contribution in [3.63, 3.8) is 0 Å². The molecule has 4 heterocycles. The first-order valence-electron chi connectivity index (χ1n) is 11.9. The van der Waals surface area contributed by atoms with Gasteiger partial charge in [0.2, 0.25) is 0 Å². The fraction of sp³-hybridized carbons (Fsp3) is 0.269. The van der Waals surface area contributed by atoms with Crippen LogP contribution in [-0.4, -0.2) is 50.3 Å². The average Bonchev–Trinajstić information content (AvgIpc) is 3.53. The summed E-state index contributed by atoms with van der Waals surface area (Å²) in [4.78, 5) is 41.3. The molecule has 0 saturated carbocycles. The van der Waals surface area contributed by atoms with E-state index in [4.69, 9.17) is 0 Å². The number of nitrogens with zero attached hydrogens (tertiary/aromatic N) is 6. The normalized spacial score (nSPS) is 15.9. The fourth-order valence-electron chi connectivity index (χ4n) is 4.97. The van der Waals surface area contributed by atoms with Crippen molar-refractivity contribution in [1.29, 1.82) is 0 Å². The minimum Gasteiger partial charge on any atom is -0.356 e. The van der Waals surface area contributed by atoms with E-state index < -0.39 is 0 Å². The molecule has 6 rings (SSSR count). The van der Waals surface area contributed by atoms with Crippen LogP contribution in [0.2, 0.25) is 0 Å². The number of aromatic nitrogens is 5. The molecule has 1 amide bonds. The van der Waals surface area contributed by atoms with Crippen LogP contribution in [0.25, 0.3) is 11.4 Å². The van der Waals surface area contributed by atoms with E-state index in [9.17, 15) is 9.59 Å². The predicted molar refractivity (Wildman–Crippen MR) is 133 cm³/mol. The van der Waals surface area contributed by atoms with Crippen molar-refractivity contribution >= 4 is 17.4 Å². The van der Waals surface area contributed by atoms with Crippen LogP contribution in [0.5, 0.6) is 0 Å². The number of hydrogen-bond acceptors (Lipinski definition) is 6. The number of nitrogens with one attached hydrogen (secondary N) is 1. The number of anilines is 2. The van der Waals surface area contributed by atoms with Crippen molar-refractivity contribution in [3.05, 3.63) is 88.7 Å². The molecule has 2 aliphatic heterocycles. The van der Waals surface area contributed by atoms with Gasteiger partial charge in [0.15, 0.2) is 5.82 Å². The van der Waals surface area contributed by atoms with Gasteiger partial charge < -0.3 is 9.80 Å². The summed E-state index contributed by atoms with van der Waals surface area (Å²) in [6.45, 7) is 2.08. The van der Waals surface area contributed by atoms with Crippen LogP contribution in [0.1, 0.15) is 34.9 Å². The van der Waals surface area contributed by atoms with Crippen molar-refractivity contribution < 1.29 is 4.79 Å². The Balaban J connectivity index is 1.15. The summed E-state index contributed by atoms with van der Waals surface area (Å²) in [5.41, 5.74) is 3.23. The third kappa shape index (κ3) is 3.99. The number of para-hydroxylation sites is 1. The van der Waals surface area contributed by atoms with Gasteiger partial charge in [-0.15, -0.1) is 5.10 Å². The van der Waals surface area contributed by atoms with Crippen molar-refractivity contribution in [3.8, 4) is 11.4 Å². The summed E-state index contributed by atoms with van der Waals surface area (Å²) in [6, 6.07) is 19.4. The highest BCUT2D eigenvalue weighted by Gasteiger charge is 2.28. The summed E-state index contributed by atoms with van der Waals surface area (Å²) in [6.07, 6.45) is 3.82. The maximum Gasteiger partial charge on any atom is 0.343 e. The zero-order valence-electron chi connectivity index (χ0n) is 19.2. The Morgan fingerprint density at radius 2 is 1.71 bits per heavy atom. The molecular formula is C26H25N7O2. The van der Waals surface area contributed by atoms with Gasteiger partial charge in [-0.1, -0.05) is 48.5 Å². The summed E-state index contributed by atoms with van der Waals surface area (Å²) in [5, 5.41) is 4.56. The molecule has 1 saturated heterocycles. The van der Waals surface area contributed by atoms with Gasteiger partial charge in [0.1, 0.15) is 17.8 Å². The quantitative estimate of drug-likeness (QED) is 0.495. The number of rotatable bonds is 4. The van der Waals surface area contributed by atoms with E-state index in [-0.39, 0.29) is 17.6 Å². The van der Waals surface area contributed by atoms with Crippen molar-refractivity contribution in [2.45, 2.75) is 25.3 Å². The molecule has 9 nitrogen and oxygen atoms in total. The summed E-state index contributed by atoms with van der Waals surface area (Å²) >= 11 is 0. The Labute approximate surface area is 202 Å². The van der Waals surface area contributed by atoms with E-state index in [1.165, 1.54) is 11.9 Å². The molecule has 0 aliphatic carbocycles. The second kappa shape index (κ2) is 8.83. The Morgan fingerprint density at radius 1 is 0.943 bits per heavy atom. The molecule has 0 radical (unpaired) electrons. The van der Waals surface area contributed by atoms with Crippen LogP contribution in [0, 0.1) is 0 Å². The number of H-pyrrole nitrogens is 1. The molecule has 1 fully saturated rings. The lowest BCUT2D eigenvalue weighted by molar-refractivity contribution is 0.0984. The molecule has 0 bridgehead atoms. The lowest BCUT2D eigenvalue weighted by atomic mass is 10.1. The summed E-state index contributed by atoms with van der Waals surface area (Å²) < 4.78 is 1.57. The van der Waals surface area contributed by atoms with Crippen LogP contribution >= 0.6 is 0 Å². The maximum absolute atomic E-state index is 13.2. The second-order valence-corrected chi connectivity index (χ2v) is 8.90. The van der Waals surface area contributed by atoms with Gasteiger partial charge in [0.05, 0.1) is 6.04 Å². The van der Waals surface area contributed by atoms with Gasteiger partial charge in [-0.25, -0.2) is 19.4 Å². The molecule has 9 heteroatoms. The Kier molecular flexibility index (Phi) is 5.36. The van der Waals surface area contributed by atoms with E-state index in [1.807, 2.05) is 48.5 Å². The topological polar surface area (TPSA) is 100 Å². The van der Waals surface area contributed by atoms with Gasteiger partial charge in [0, 0.05) is 37.0 Å². The Morgan fingerprint density at radius 3 is 2.54 bits per heavy atom. The van der Waals surface area contributed by atoms with Gasteiger partial charge in [0.25, 0.3) is 5.91 Å². The highest BCUT2D eigenvalue weighted by molar-refractivity contribution is 6.06. The summed E-state index contributed by atoms with van der Waals surface area (Å²) in [5.74, 6) is 1.21. The van der Waals surface area contributed by atoms with E-state index >= 15 is 0 Å². The molecule has 2 aliphatic rings. The van der Waals surface area contributed by atoms with Gasteiger partial charge >= 0.3 is 5.69 Å². The number of hydrogen-bond donors (Lipinski definition) is 1. The van der Waals surface area contributed by atoms with Crippen LogP contribution in [0.15, 0.2) is 71.8 Å². The van der Waals surface area contributed by atoms with Crippen LogP contribution in [0.3, 0.4) is 0 Å².